The molecule has 0 spiro atoms. The number of unbranched alkanes of at least 4 members (excludes halogenated alkanes) is 1. The Morgan fingerprint density at radius 2 is 1.68 bits per heavy atom. The monoisotopic (exact) mass is 413 g/mol. The lowest BCUT2D eigenvalue weighted by molar-refractivity contribution is 0.0949. The Hall–Kier alpha value is -3.60. The molecule has 158 valence electrons. The van der Waals surface area contributed by atoms with Crippen LogP contribution in [0.25, 0.3) is 11.0 Å². The number of carbonyl (C=O) groups is 1. The number of para-hydroxylation sites is 3. The number of imidazole rings is 1. The molecule has 0 bridgehead atoms. The lowest BCUT2D eigenvalue weighted by Gasteiger charge is -2.11. The Labute approximate surface area is 182 Å². The predicted octanol–water partition coefficient (Wildman–Crippen LogP) is 5.13. The van der Waals surface area contributed by atoms with Crippen molar-refractivity contribution in [3.05, 3.63) is 95.8 Å². The number of hydrogen-bond donors (Lipinski definition) is 1. The number of nitrogens with one attached hydrogen (secondary N) is 1. The van der Waals surface area contributed by atoms with Gasteiger partial charge in [0.05, 0.1) is 24.2 Å². The number of aromatic nitrogens is 2. The van der Waals surface area contributed by atoms with Crippen LogP contribution in [0.3, 0.4) is 0 Å². The molecule has 0 unspecified atom stereocenters. The average Bonchev–Trinajstić information content (AvgIpc) is 3.16. The maximum Gasteiger partial charge on any atom is 0.251 e. The fourth-order valence-corrected chi connectivity index (χ4v) is 3.67. The van der Waals surface area contributed by atoms with Crippen LogP contribution in [0, 0.1) is 6.92 Å². The van der Waals surface area contributed by atoms with E-state index in [9.17, 15) is 4.79 Å². The second kappa shape index (κ2) is 9.94. The number of hydrogen-bond acceptors (Lipinski definition) is 3. The first kappa shape index (κ1) is 20.7. The standard InChI is InChI=1S/C26H27N3O2/c1-20-11-5-6-14-22(20)26(30)27-19-25-28-23-15-7-8-16-24(23)29(25)17-9-10-18-31-21-12-3-2-4-13-21/h2-8,11-16H,9-10,17-19H2,1H3,(H,27,30). The smallest absolute Gasteiger partial charge is 0.251 e. The summed E-state index contributed by atoms with van der Waals surface area (Å²) in [5.74, 6) is 1.69. The molecular formula is C26H27N3O2. The first-order chi connectivity index (χ1) is 15.2. The molecule has 0 radical (unpaired) electrons. The van der Waals surface area contributed by atoms with Gasteiger partial charge in [0, 0.05) is 12.1 Å². The van der Waals surface area contributed by atoms with Crippen LogP contribution in [0.1, 0.15) is 34.6 Å². The second-order valence-corrected chi connectivity index (χ2v) is 7.53. The summed E-state index contributed by atoms with van der Waals surface area (Å²) >= 11 is 0. The van der Waals surface area contributed by atoms with Crippen LogP contribution in [-0.4, -0.2) is 22.1 Å². The van der Waals surface area contributed by atoms with Gasteiger partial charge in [-0.15, -0.1) is 0 Å². The molecule has 3 aromatic carbocycles. The summed E-state index contributed by atoms with van der Waals surface area (Å²) in [4.78, 5) is 17.4. The zero-order valence-electron chi connectivity index (χ0n) is 17.8. The third-order valence-electron chi connectivity index (χ3n) is 5.32. The van der Waals surface area contributed by atoms with Gasteiger partial charge in [-0.3, -0.25) is 4.79 Å². The molecule has 0 aliphatic rings. The first-order valence-electron chi connectivity index (χ1n) is 10.7. The van der Waals surface area contributed by atoms with E-state index >= 15 is 0 Å². The number of amides is 1. The van der Waals surface area contributed by atoms with E-state index in [4.69, 9.17) is 9.72 Å². The molecule has 5 heteroatoms. The van der Waals surface area contributed by atoms with Crippen LogP contribution in [0.4, 0.5) is 0 Å². The molecule has 4 aromatic rings. The van der Waals surface area contributed by atoms with E-state index < -0.39 is 0 Å². The highest BCUT2D eigenvalue weighted by Crippen LogP contribution is 2.18. The minimum atomic E-state index is -0.0760. The number of benzene rings is 3. The van der Waals surface area contributed by atoms with E-state index in [1.54, 1.807) is 0 Å². The topological polar surface area (TPSA) is 56.2 Å². The van der Waals surface area contributed by atoms with Gasteiger partial charge >= 0.3 is 0 Å². The van der Waals surface area contributed by atoms with Crippen molar-refractivity contribution in [1.29, 1.82) is 0 Å². The minimum Gasteiger partial charge on any atom is -0.494 e. The number of rotatable bonds is 9. The summed E-state index contributed by atoms with van der Waals surface area (Å²) < 4.78 is 8.00. The van der Waals surface area contributed by atoms with Gasteiger partial charge < -0.3 is 14.6 Å². The summed E-state index contributed by atoms with van der Waals surface area (Å²) in [6.45, 7) is 3.84. The Morgan fingerprint density at radius 1 is 0.935 bits per heavy atom. The molecule has 1 N–H and O–H groups in total. The van der Waals surface area contributed by atoms with E-state index in [1.165, 1.54) is 0 Å². The Kier molecular flexibility index (Phi) is 6.62. The van der Waals surface area contributed by atoms with Crippen LogP contribution in [0.5, 0.6) is 5.75 Å². The number of carbonyl (C=O) groups excluding carboxylic acids is 1. The summed E-state index contributed by atoms with van der Waals surface area (Å²) in [5, 5.41) is 3.03. The number of aryl methyl sites for hydroxylation is 2. The molecule has 1 amide bonds. The quantitative estimate of drug-likeness (QED) is 0.387. The van der Waals surface area contributed by atoms with E-state index in [1.807, 2.05) is 79.7 Å². The molecule has 0 saturated heterocycles. The van der Waals surface area contributed by atoms with Gasteiger partial charge in [-0.25, -0.2) is 4.98 Å². The van der Waals surface area contributed by atoms with Crippen LogP contribution in [-0.2, 0) is 13.1 Å². The number of ether oxygens (including phenoxy) is 1. The number of fused-ring (bicyclic) bond motifs is 1. The van der Waals surface area contributed by atoms with Crippen molar-refractivity contribution in [3.8, 4) is 5.75 Å². The first-order valence-corrected chi connectivity index (χ1v) is 10.7. The highest BCUT2D eigenvalue weighted by atomic mass is 16.5. The molecule has 0 aliphatic heterocycles. The van der Waals surface area contributed by atoms with Crippen molar-refractivity contribution in [3.63, 3.8) is 0 Å². The third-order valence-corrected chi connectivity index (χ3v) is 5.32. The Balaban J connectivity index is 1.39. The summed E-state index contributed by atoms with van der Waals surface area (Å²) in [6.07, 6.45) is 1.91. The van der Waals surface area contributed by atoms with E-state index in [0.717, 1.165) is 47.6 Å². The molecule has 1 aromatic heterocycles. The largest absolute Gasteiger partial charge is 0.494 e. The number of nitrogens with zero attached hydrogens (tertiary/aromatic N) is 2. The minimum absolute atomic E-state index is 0.0760. The maximum absolute atomic E-state index is 12.6. The van der Waals surface area contributed by atoms with Crippen LogP contribution >= 0.6 is 0 Å². The second-order valence-electron chi connectivity index (χ2n) is 7.53. The van der Waals surface area contributed by atoms with Crippen molar-refractivity contribution in [1.82, 2.24) is 14.9 Å². The van der Waals surface area contributed by atoms with Crippen LogP contribution < -0.4 is 10.1 Å². The highest BCUT2D eigenvalue weighted by Gasteiger charge is 2.13. The fraction of sp³-hybridized carbons (Fsp3) is 0.231. The predicted molar refractivity (Wildman–Crippen MR) is 123 cm³/mol. The summed E-state index contributed by atoms with van der Waals surface area (Å²) in [6, 6.07) is 25.6. The zero-order valence-corrected chi connectivity index (χ0v) is 17.8. The van der Waals surface area contributed by atoms with E-state index in [-0.39, 0.29) is 5.91 Å². The normalized spacial score (nSPS) is 10.9. The molecule has 1 heterocycles. The van der Waals surface area contributed by atoms with Gasteiger partial charge in [0.1, 0.15) is 11.6 Å². The lowest BCUT2D eigenvalue weighted by atomic mass is 10.1. The third kappa shape index (κ3) is 5.12. The molecular weight excluding hydrogens is 386 g/mol. The van der Waals surface area contributed by atoms with Crippen molar-refractivity contribution in [2.75, 3.05) is 6.61 Å². The van der Waals surface area contributed by atoms with Gasteiger partial charge in [-0.1, -0.05) is 48.5 Å². The van der Waals surface area contributed by atoms with Gasteiger partial charge in [0.2, 0.25) is 0 Å². The highest BCUT2D eigenvalue weighted by molar-refractivity contribution is 5.95. The van der Waals surface area contributed by atoms with E-state index in [0.29, 0.717) is 18.7 Å². The molecule has 0 atom stereocenters. The molecule has 0 aliphatic carbocycles. The van der Waals surface area contributed by atoms with Crippen molar-refractivity contribution in [2.45, 2.75) is 32.9 Å². The molecule has 4 rings (SSSR count). The van der Waals surface area contributed by atoms with Gasteiger partial charge in [-0.2, -0.15) is 0 Å². The van der Waals surface area contributed by atoms with Gasteiger partial charge in [-0.05, 0) is 55.7 Å². The Bertz CT molecular complexity index is 1150. The van der Waals surface area contributed by atoms with Crippen LogP contribution in [0.2, 0.25) is 0 Å². The van der Waals surface area contributed by atoms with Gasteiger partial charge in [0.25, 0.3) is 5.91 Å². The molecule has 0 saturated carbocycles. The Morgan fingerprint density at radius 3 is 2.52 bits per heavy atom. The van der Waals surface area contributed by atoms with Gasteiger partial charge in [0.15, 0.2) is 0 Å². The fourth-order valence-electron chi connectivity index (χ4n) is 3.67. The SMILES string of the molecule is Cc1ccccc1C(=O)NCc1nc2ccccc2n1CCCCOc1ccccc1. The molecule has 0 fully saturated rings. The van der Waals surface area contributed by atoms with Crippen molar-refractivity contribution in [2.24, 2.45) is 0 Å². The molecule has 31 heavy (non-hydrogen) atoms. The molecule has 5 nitrogen and oxygen atoms in total. The maximum atomic E-state index is 12.6. The summed E-state index contributed by atoms with van der Waals surface area (Å²) in [5.41, 5.74) is 3.70. The lowest BCUT2D eigenvalue weighted by Crippen LogP contribution is -2.25. The van der Waals surface area contributed by atoms with Crippen molar-refractivity contribution >= 4 is 16.9 Å². The summed E-state index contributed by atoms with van der Waals surface area (Å²) in [7, 11) is 0. The van der Waals surface area contributed by atoms with Crippen LogP contribution in [0.15, 0.2) is 78.9 Å². The van der Waals surface area contributed by atoms with Crippen molar-refractivity contribution < 1.29 is 9.53 Å². The zero-order chi connectivity index (χ0) is 21.5. The average molecular weight is 414 g/mol. The van der Waals surface area contributed by atoms with E-state index in [2.05, 4.69) is 16.0 Å².